The van der Waals surface area contributed by atoms with E-state index < -0.39 is 0 Å². The van der Waals surface area contributed by atoms with Crippen LogP contribution in [0.3, 0.4) is 0 Å². The van der Waals surface area contributed by atoms with Crippen LogP contribution in [0, 0.1) is 5.41 Å². The molecule has 0 amide bonds. The van der Waals surface area contributed by atoms with Gasteiger partial charge >= 0.3 is 0 Å². The fraction of sp³-hybridized carbons (Fsp3) is 0.529. The van der Waals surface area contributed by atoms with Crippen LogP contribution in [-0.2, 0) is 0 Å². The van der Waals surface area contributed by atoms with Gasteiger partial charge in [-0.05, 0) is 30.2 Å². The van der Waals surface area contributed by atoms with Crippen molar-refractivity contribution in [1.29, 1.82) is 0 Å². The summed E-state index contributed by atoms with van der Waals surface area (Å²) in [6.07, 6.45) is 6.46. The molecular weight excluding hydrogens is 218 g/mol. The van der Waals surface area contributed by atoms with Crippen LogP contribution in [0.5, 0.6) is 0 Å². The number of hydrogen-bond acceptors (Lipinski definition) is 1. The molecule has 0 spiro atoms. The van der Waals surface area contributed by atoms with Crippen molar-refractivity contribution in [3.8, 4) is 0 Å². The summed E-state index contributed by atoms with van der Waals surface area (Å²) in [6, 6.07) is 10.8. The van der Waals surface area contributed by atoms with E-state index in [4.69, 9.17) is 0 Å². The maximum Gasteiger partial charge on any atom is 0.0404 e. The van der Waals surface area contributed by atoms with E-state index in [2.05, 4.69) is 62.1 Å². The Hall–Kier alpha value is -1.24. The lowest BCUT2D eigenvalue weighted by atomic mass is 9.92. The first-order valence-corrected chi connectivity index (χ1v) is 7.09. The smallest absolute Gasteiger partial charge is 0.0404 e. The Balaban J connectivity index is 2.31. The highest BCUT2D eigenvalue weighted by Crippen LogP contribution is 2.28. The van der Waals surface area contributed by atoms with Gasteiger partial charge in [-0.2, -0.15) is 0 Å². The van der Waals surface area contributed by atoms with Gasteiger partial charge in [0, 0.05) is 18.8 Å². The predicted octanol–water partition coefficient (Wildman–Crippen LogP) is 4.56. The average molecular weight is 243 g/mol. The number of nitrogens with zero attached hydrogens (tertiary/aromatic N) is 1. The van der Waals surface area contributed by atoms with Gasteiger partial charge in [0.15, 0.2) is 0 Å². The van der Waals surface area contributed by atoms with Gasteiger partial charge in [-0.1, -0.05) is 57.2 Å². The van der Waals surface area contributed by atoms with Crippen molar-refractivity contribution in [2.24, 2.45) is 5.41 Å². The molecule has 0 aromatic heterocycles. The lowest BCUT2D eigenvalue weighted by Gasteiger charge is -2.33. The summed E-state index contributed by atoms with van der Waals surface area (Å²) in [5.41, 5.74) is 3.00. The van der Waals surface area contributed by atoms with Crippen LogP contribution in [-0.4, -0.2) is 18.0 Å². The average Bonchev–Trinajstić information content (AvgIpc) is 2.37. The number of piperidine rings is 1. The third kappa shape index (κ3) is 3.63. The molecule has 0 radical (unpaired) electrons. The number of likely N-dealkylation sites (tertiary alicyclic amines) is 1. The summed E-state index contributed by atoms with van der Waals surface area (Å²) in [4.78, 5) is 2.56. The number of hydrogen-bond donors (Lipinski definition) is 0. The molecule has 0 bridgehead atoms. The maximum absolute atomic E-state index is 2.56. The van der Waals surface area contributed by atoms with Crippen LogP contribution in [0.1, 0.15) is 45.6 Å². The fourth-order valence-corrected chi connectivity index (χ4v) is 2.51. The molecule has 1 nitrogen and oxygen atoms in total. The predicted molar refractivity (Wildman–Crippen MR) is 79.3 cm³/mol. The summed E-state index contributed by atoms with van der Waals surface area (Å²) in [5, 5.41) is 0. The van der Waals surface area contributed by atoms with Crippen molar-refractivity contribution < 1.29 is 0 Å². The number of rotatable bonds is 2. The normalized spacial score (nSPS) is 17.9. The van der Waals surface area contributed by atoms with Gasteiger partial charge in [0.2, 0.25) is 0 Å². The van der Waals surface area contributed by atoms with Gasteiger partial charge in [0.1, 0.15) is 0 Å². The van der Waals surface area contributed by atoms with E-state index in [1.54, 1.807) is 0 Å². The summed E-state index contributed by atoms with van der Waals surface area (Å²) in [7, 11) is 0. The summed E-state index contributed by atoms with van der Waals surface area (Å²) in [6.45, 7) is 9.24. The third-order valence-corrected chi connectivity index (χ3v) is 3.34. The molecule has 0 atom stereocenters. The molecular formula is C17H25N. The number of allylic oxidation sites excluding steroid dienone is 1. The molecule has 0 N–H and O–H groups in total. The molecule has 0 saturated carbocycles. The van der Waals surface area contributed by atoms with Crippen molar-refractivity contribution in [2.75, 3.05) is 13.1 Å². The van der Waals surface area contributed by atoms with E-state index >= 15 is 0 Å². The van der Waals surface area contributed by atoms with Crippen molar-refractivity contribution in [3.63, 3.8) is 0 Å². The first-order chi connectivity index (χ1) is 8.56. The molecule has 1 heterocycles. The first kappa shape index (κ1) is 13.2. The van der Waals surface area contributed by atoms with Crippen LogP contribution in [0.2, 0.25) is 0 Å². The van der Waals surface area contributed by atoms with E-state index in [-0.39, 0.29) is 5.41 Å². The zero-order chi connectivity index (χ0) is 13.0. The van der Waals surface area contributed by atoms with Crippen LogP contribution < -0.4 is 0 Å². The minimum atomic E-state index is 0.225. The Morgan fingerprint density at radius 2 is 1.61 bits per heavy atom. The van der Waals surface area contributed by atoms with Gasteiger partial charge in [0.25, 0.3) is 0 Å². The van der Waals surface area contributed by atoms with Gasteiger partial charge < -0.3 is 4.90 Å². The molecule has 1 heteroatoms. The maximum atomic E-state index is 2.56. The van der Waals surface area contributed by atoms with Gasteiger partial charge in [0.05, 0.1) is 0 Å². The molecule has 1 aromatic rings. The van der Waals surface area contributed by atoms with E-state index in [1.807, 2.05) is 0 Å². The van der Waals surface area contributed by atoms with Crippen molar-refractivity contribution in [2.45, 2.75) is 40.0 Å². The van der Waals surface area contributed by atoms with Crippen molar-refractivity contribution in [3.05, 3.63) is 42.0 Å². The van der Waals surface area contributed by atoms with Crippen LogP contribution >= 0.6 is 0 Å². The molecule has 1 aliphatic rings. The summed E-state index contributed by atoms with van der Waals surface area (Å²) >= 11 is 0. The monoisotopic (exact) mass is 243 g/mol. The second kappa shape index (κ2) is 5.60. The molecule has 1 saturated heterocycles. The summed E-state index contributed by atoms with van der Waals surface area (Å²) < 4.78 is 0. The Morgan fingerprint density at radius 1 is 1.00 bits per heavy atom. The van der Waals surface area contributed by atoms with E-state index in [0.29, 0.717) is 0 Å². The Labute approximate surface area is 112 Å². The molecule has 98 valence electrons. The lowest BCUT2D eigenvalue weighted by Crippen LogP contribution is -2.29. The van der Waals surface area contributed by atoms with E-state index in [0.717, 1.165) is 0 Å². The minimum Gasteiger partial charge on any atom is -0.371 e. The van der Waals surface area contributed by atoms with Crippen LogP contribution in [0.15, 0.2) is 36.4 Å². The minimum absolute atomic E-state index is 0.225. The zero-order valence-corrected chi connectivity index (χ0v) is 11.9. The largest absolute Gasteiger partial charge is 0.371 e. The summed E-state index contributed by atoms with van der Waals surface area (Å²) in [5.74, 6) is 0. The Morgan fingerprint density at radius 3 is 2.17 bits per heavy atom. The lowest BCUT2D eigenvalue weighted by molar-refractivity contribution is 0.322. The van der Waals surface area contributed by atoms with Crippen molar-refractivity contribution in [1.82, 2.24) is 4.90 Å². The second-order valence-electron chi connectivity index (χ2n) is 6.31. The zero-order valence-electron chi connectivity index (χ0n) is 11.9. The molecule has 2 rings (SSSR count). The molecule has 1 fully saturated rings. The van der Waals surface area contributed by atoms with E-state index in [9.17, 15) is 0 Å². The standard InChI is InChI=1S/C17H25N/c1-17(2,3)14-16(15-10-6-4-7-11-15)18-12-8-5-9-13-18/h4,6-7,10-11,14H,5,8-9,12-13H2,1-3H3/b16-14-. The SMILES string of the molecule is CC(C)(C)/C=C(/c1ccccc1)N1CCCCC1. The molecule has 0 unspecified atom stereocenters. The fourth-order valence-electron chi connectivity index (χ4n) is 2.51. The third-order valence-electron chi connectivity index (χ3n) is 3.34. The van der Waals surface area contributed by atoms with Crippen molar-refractivity contribution >= 4 is 5.70 Å². The van der Waals surface area contributed by atoms with Gasteiger partial charge in [-0.15, -0.1) is 0 Å². The van der Waals surface area contributed by atoms with Gasteiger partial charge in [-0.3, -0.25) is 0 Å². The topological polar surface area (TPSA) is 3.24 Å². The molecule has 0 aliphatic carbocycles. The second-order valence-corrected chi connectivity index (χ2v) is 6.31. The quantitative estimate of drug-likeness (QED) is 0.736. The van der Waals surface area contributed by atoms with Gasteiger partial charge in [-0.25, -0.2) is 0 Å². The molecule has 1 aromatic carbocycles. The first-order valence-electron chi connectivity index (χ1n) is 7.09. The molecule has 18 heavy (non-hydrogen) atoms. The van der Waals surface area contributed by atoms with E-state index in [1.165, 1.54) is 43.6 Å². The highest BCUT2D eigenvalue weighted by molar-refractivity contribution is 5.64. The Kier molecular flexibility index (Phi) is 4.11. The molecule has 1 aliphatic heterocycles. The van der Waals surface area contributed by atoms with Crippen LogP contribution in [0.25, 0.3) is 5.70 Å². The Bertz CT molecular complexity index is 391. The number of benzene rings is 1. The highest BCUT2D eigenvalue weighted by atomic mass is 15.1. The van der Waals surface area contributed by atoms with Crippen LogP contribution in [0.4, 0.5) is 0 Å². The highest BCUT2D eigenvalue weighted by Gasteiger charge is 2.17.